The van der Waals surface area contributed by atoms with Crippen LogP contribution in [0.25, 0.3) is 0 Å². The van der Waals surface area contributed by atoms with Crippen molar-refractivity contribution in [2.24, 2.45) is 0 Å². The number of aryl methyl sites for hydroxylation is 1. The Bertz CT molecular complexity index is 1380. The van der Waals surface area contributed by atoms with Crippen molar-refractivity contribution in [3.05, 3.63) is 83.9 Å². The Hall–Kier alpha value is -4.05. The smallest absolute Gasteiger partial charge is 0.264 e. The molecule has 1 unspecified atom stereocenters. The zero-order chi connectivity index (χ0) is 28.6. The fourth-order valence-electron chi connectivity index (χ4n) is 4.20. The highest BCUT2D eigenvalue weighted by atomic mass is 32.2. The van der Waals surface area contributed by atoms with Crippen LogP contribution >= 0.6 is 0 Å². The molecule has 1 atom stereocenters. The van der Waals surface area contributed by atoms with Crippen LogP contribution in [0.5, 0.6) is 11.5 Å². The fourth-order valence-corrected chi connectivity index (χ4v) is 5.63. The Labute approximate surface area is 230 Å². The largest absolute Gasteiger partial charge is 0.493 e. The van der Waals surface area contributed by atoms with E-state index in [1.165, 1.54) is 44.4 Å². The second kappa shape index (κ2) is 13.1. The van der Waals surface area contributed by atoms with Crippen molar-refractivity contribution in [3.63, 3.8) is 0 Å². The molecule has 0 heterocycles. The van der Waals surface area contributed by atoms with E-state index in [0.717, 1.165) is 15.4 Å². The van der Waals surface area contributed by atoms with Crippen molar-refractivity contribution in [3.8, 4) is 11.5 Å². The van der Waals surface area contributed by atoms with Gasteiger partial charge in [-0.15, -0.1) is 0 Å². The maximum atomic E-state index is 14.0. The lowest BCUT2D eigenvalue weighted by atomic mass is 10.1. The summed E-state index contributed by atoms with van der Waals surface area (Å²) in [5.41, 5.74) is 2.09. The highest BCUT2D eigenvalue weighted by molar-refractivity contribution is 7.92. The highest BCUT2D eigenvalue weighted by Gasteiger charge is 2.33. The second-order valence-corrected chi connectivity index (χ2v) is 10.8. The lowest BCUT2D eigenvalue weighted by Gasteiger charge is -2.33. The van der Waals surface area contributed by atoms with Crippen molar-refractivity contribution < 1.29 is 27.5 Å². The van der Waals surface area contributed by atoms with Crippen LogP contribution in [0.3, 0.4) is 0 Å². The van der Waals surface area contributed by atoms with Gasteiger partial charge in [-0.3, -0.25) is 13.9 Å². The third kappa shape index (κ3) is 6.88. The normalized spacial score (nSPS) is 11.8. The SMILES string of the molecule is CCC(C(=O)NC)N(Cc1ccc(C)cc1)C(=O)CN(c1ccc(OC)c(OC)c1)S(=O)(=O)c1ccccc1. The van der Waals surface area contributed by atoms with Crippen molar-refractivity contribution in [2.75, 3.05) is 32.1 Å². The number of nitrogens with zero attached hydrogens (tertiary/aromatic N) is 2. The van der Waals surface area contributed by atoms with E-state index < -0.39 is 28.5 Å². The van der Waals surface area contributed by atoms with E-state index in [0.29, 0.717) is 17.9 Å². The summed E-state index contributed by atoms with van der Waals surface area (Å²) in [5, 5.41) is 2.62. The number of methoxy groups -OCH3 is 2. The van der Waals surface area contributed by atoms with E-state index in [1.807, 2.05) is 38.1 Å². The monoisotopic (exact) mass is 553 g/mol. The first-order chi connectivity index (χ1) is 18.7. The Morgan fingerprint density at radius 3 is 2.13 bits per heavy atom. The molecule has 0 bridgehead atoms. The summed E-state index contributed by atoms with van der Waals surface area (Å²) < 4.78 is 39.5. The average molecular weight is 554 g/mol. The highest BCUT2D eigenvalue weighted by Crippen LogP contribution is 2.34. The number of benzene rings is 3. The first kappa shape index (κ1) is 29.5. The molecule has 0 aliphatic carbocycles. The number of ether oxygens (including phenoxy) is 2. The van der Waals surface area contributed by atoms with Crippen LogP contribution < -0.4 is 19.1 Å². The Morgan fingerprint density at radius 2 is 1.56 bits per heavy atom. The van der Waals surface area contributed by atoms with Gasteiger partial charge in [0.05, 0.1) is 24.8 Å². The molecular weight excluding hydrogens is 518 g/mol. The van der Waals surface area contributed by atoms with Gasteiger partial charge in [-0.25, -0.2) is 8.42 Å². The molecule has 0 saturated carbocycles. The zero-order valence-corrected chi connectivity index (χ0v) is 23.7. The van der Waals surface area contributed by atoms with Gasteiger partial charge in [-0.1, -0.05) is 55.0 Å². The van der Waals surface area contributed by atoms with Crippen LogP contribution in [0.4, 0.5) is 5.69 Å². The van der Waals surface area contributed by atoms with Gasteiger partial charge in [0.25, 0.3) is 10.0 Å². The maximum Gasteiger partial charge on any atom is 0.264 e. The number of hydrogen-bond acceptors (Lipinski definition) is 6. The number of rotatable bonds is 12. The van der Waals surface area contributed by atoms with Crippen LogP contribution in [0.1, 0.15) is 24.5 Å². The van der Waals surface area contributed by atoms with Gasteiger partial charge < -0.3 is 19.7 Å². The topological polar surface area (TPSA) is 105 Å². The van der Waals surface area contributed by atoms with Gasteiger partial charge in [0.1, 0.15) is 12.6 Å². The number of hydrogen-bond donors (Lipinski definition) is 1. The molecule has 1 N–H and O–H groups in total. The number of likely N-dealkylation sites (N-methyl/N-ethyl adjacent to an activating group) is 1. The standard InChI is InChI=1S/C29H35N3O6S/c1-6-25(29(34)30-3)31(19-22-14-12-21(2)13-15-22)28(33)20-32(39(35,36)24-10-8-7-9-11-24)23-16-17-26(37-4)27(18-23)38-5/h7-18,25H,6,19-20H2,1-5H3,(H,30,34). The van der Waals surface area contributed by atoms with Crippen LogP contribution in [-0.4, -0.2) is 59.0 Å². The molecular formula is C29H35N3O6S. The van der Waals surface area contributed by atoms with Crippen LogP contribution in [0, 0.1) is 6.92 Å². The third-order valence-electron chi connectivity index (χ3n) is 6.37. The van der Waals surface area contributed by atoms with E-state index in [2.05, 4.69) is 5.32 Å². The summed E-state index contributed by atoms with van der Waals surface area (Å²) >= 11 is 0. The van der Waals surface area contributed by atoms with Gasteiger partial charge in [-0.05, 0) is 43.2 Å². The number of sulfonamides is 1. The number of carbonyl (C=O) groups excluding carboxylic acids is 2. The minimum Gasteiger partial charge on any atom is -0.493 e. The minimum atomic E-state index is -4.18. The molecule has 39 heavy (non-hydrogen) atoms. The van der Waals surface area contributed by atoms with Gasteiger partial charge in [-0.2, -0.15) is 0 Å². The summed E-state index contributed by atoms with van der Waals surface area (Å²) in [4.78, 5) is 28.2. The van der Waals surface area contributed by atoms with Crippen molar-refractivity contribution in [1.82, 2.24) is 10.2 Å². The molecule has 0 fully saturated rings. The summed E-state index contributed by atoms with van der Waals surface area (Å²) in [6, 6.07) is 19.3. The molecule has 3 rings (SSSR count). The number of nitrogens with one attached hydrogen (secondary N) is 1. The Kier molecular flexibility index (Phi) is 9.95. The molecule has 2 amide bonds. The quantitative estimate of drug-likeness (QED) is 0.366. The summed E-state index contributed by atoms with van der Waals surface area (Å²) in [6.45, 7) is 3.37. The van der Waals surface area contributed by atoms with Crippen molar-refractivity contribution in [1.29, 1.82) is 0 Å². The first-order valence-electron chi connectivity index (χ1n) is 12.5. The molecule has 0 saturated heterocycles. The molecule has 3 aromatic rings. The molecule has 10 heteroatoms. The molecule has 0 aliphatic rings. The predicted molar refractivity (Wildman–Crippen MR) is 150 cm³/mol. The molecule has 208 valence electrons. The van der Waals surface area contributed by atoms with Crippen LogP contribution in [0.2, 0.25) is 0 Å². The average Bonchev–Trinajstić information content (AvgIpc) is 2.96. The van der Waals surface area contributed by atoms with Gasteiger partial charge in [0.2, 0.25) is 11.8 Å². The van der Waals surface area contributed by atoms with E-state index in [9.17, 15) is 18.0 Å². The van der Waals surface area contributed by atoms with Crippen molar-refractivity contribution >= 4 is 27.5 Å². The predicted octanol–water partition coefficient (Wildman–Crippen LogP) is 3.76. The zero-order valence-electron chi connectivity index (χ0n) is 22.9. The Balaban J connectivity index is 2.10. The molecule has 0 spiro atoms. The maximum absolute atomic E-state index is 14.0. The summed E-state index contributed by atoms with van der Waals surface area (Å²) in [5.74, 6) is -0.137. The number of carbonyl (C=O) groups is 2. The minimum absolute atomic E-state index is 0.0241. The molecule has 0 aromatic heterocycles. The van der Waals surface area contributed by atoms with Gasteiger partial charge in [0, 0.05) is 19.7 Å². The van der Waals surface area contributed by atoms with Gasteiger partial charge >= 0.3 is 0 Å². The lowest BCUT2D eigenvalue weighted by Crippen LogP contribution is -2.51. The molecule has 0 radical (unpaired) electrons. The van der Waals surface area contributed by atoms with Crippen molar-refractivity contribution in [2.45, 2.75) is 37.8 Å². The second-order valence-electron chi connectivity index (χ2n) is 8.91. The molecule has 9 nitrogen and oxygen atoms in total. The molecule has 3 aromatic carbocycles. The van der Waals surface area contributed by atoms with E-state index >= 15 is 0 Å². The summed E-state index contributed by atoms with van der Waals surface area (Å²) in [7, 11) is 0.258. The van der Waals surface area contributed by atoms with Crippen LogP contribution in [-0.2, 0) is 26.2 Å². The molecule has 0 aliphatic heterocycles. The lowest BCUT2D eigenvalue weighted by molar-refractivity contribution is -0.140. The number of amides is 2. The fraction of sp³-hybridized carbons (Fsp3) is 0.310. The third-order valence-corrected chi connectivity index (χ3v) is 8.16. The number of anilines is 1. The summed E-state index contributed by atoms with van der Waals surface area (Å²) in [6.07, 6.45) is 0.346. The van der Waals surface area contributed by atoms with E-state index in [4.69, 9.17) is 9.47 Å². The van der Waals surface area contributed by atoms with Crippen LogP contribution in [0.15, 0.2) is 77.7 Å². The first-order valence-corrected chi connectivity index (χ1v) is 14.0. The van der Waals surface area contributed by atoms with E-state index in [-0.39, 0.29) is 23.0 Å². The van der Waals surface area contributed by atoms with Gasteiger partial charge in [0.15, 0.2) is 11.5 Å². The van der Waals surface area contributed by atoms with E-state index in [1.54, 1.807) is 30.3 Å². The Morgan fingerprint density at radius 1 is 0.923 bits per heavy atom.